The van der Waals surface area contributed by atoms with Crippen LogP contribution in [0, 0.1) is 17.0 Å². The number of rotatable bonds is 5. The molecule has 9 nitrogen and oxygen atoms in total. The Balaban J connectivity index is 1.34. The van der Waals surface area contributed by atoms with Crippen LogP contribution in [-0.4, -0.2) is 21.1 Å². The van der Waals surface area contributed by atoms with Gasteiger partial charge in [-0.25, -0.2) is 4.79 Å². The molecule has 9 heteroatoms. The van der Waals surface area contributed by atoms with E-state index in [2.05, 4.69) is 10.2 Å². The topological polar surface area (TPSA) is 122 Å². The molecule has 5 rings (SSSR count). The van der Waals surface area contributed by atoms with Crippen molar-refractivity contribution < 1.29 is 23.3 Å². The van der Waals surface area contributed by atoms with Crippen molar-refractivity contribution in [2.75, 3.05) is 0 Å². The monoisotopic (exact) mass is 429 g/mol. The first-order valence-corrected chi connectivity index (χ1v) is 9.66. The lowest BCUT2D eigenvalue weighted by Gasteiger charge is -2.00. The maximum absolute atomic E-state index is 12.7. The molecule has 2 heterocycles. The molecule has 0 amide bonds. The minimum Gasteiger partial charge on any atom is -0.450 e. The highest BCUT2D eigenvalue weighted by Gasteiger charge is 2.21. The summed E-state index contributed by atoms with van der Waals surface area (Å²) in [5, 5.41) is 21.3. The van der Waals surface area contributed by atoms with E-state index in [1.807, 2.05) is 36.4 Å². The number of furan rings is 1. The summed E-state index contributed by atoms with van der Waals surface area (Å²) in [6.07, 6.45) is 0. The summed E-state index contributed by atoms with van der Waals surface area (Å²) >= 11 is 0. The van der Waals surface area contributed by atoms with Gasteiger partial charge < -0.3 is 13.6 Å². The number of non-ortho nitro benzene ring substituents is 1. The Morgan fingerprint density at radius 3 is 2.56 bits per heavy atom. The SMILES string of the molecule is Cc1c(C(=O)OCc2nnc(-c3ccc([N+](=O)[O-])cc3)o2)oc2c1ccc1ccccc12. The van der Waals surface area contributed by atoms with Crippen LogP contribution in [0.4, 0.5) is 5.69 Å². The largest absolute Gasteiger partial charge is 0.450 e. The van der Waals surface area contributed by atoms with Gasteiger partial charge >= 0.3 is 5.97 Å². The van der Waals surface area contributed by atoms with Gasteiger partial charge in [-0.1, -0.05) is 36.4 Å². The molecule has 0 aliphatic heterocycles. The van der Waals surface area contributed by atoms with Crippen molar-refractivity contribution in [3.63, 3.8) is 0 Å². The van der Waals surface area contributed by atoms with E-state index in [0.29, 0.717) is 16.7 Å². The first kappa shape index (κ1) is 19.4. The fourth-order valence-corrected chi connectivity index (χ4v) is 3.49. The number of aromatic nitrogens is 2. The fraction of sp³-hybridized carbons (Fsp3) is 0.0870. The molecular formula is C23H15N3O6. The van der Waals surface area contributed by atoms with Gasteiger partial charge in [0, 0.05) is 34.0 Å². The molecule has 0 fully saturated rings. The average molecular weight is 429 g/mol. The minimum atomic E-state index is -0.641. The molecule has 0 saturated heterocycles. The van der Waals surface area contributed by atoms with Gasteiger partial charge in [-0.15, -0.1) is 10.2 Å². The van der Waals surface area contributed by atoms with Crippen LogP contribution in [0.1, 0.15) is 22.0 Å². The lowest BCUT2D eigenvalue weighted by atomic mass is 10.1. The van der Waals surface area contributed by atoms with Gasteiger partial charge in [0.05, 0.1) is 4.92 Å². The zero-order valence-electron chi connectivity index (χ0n) is 16.8. The molecule has 0 unspecified atom stereocenters. The first-order chi connectivity index (χ1) is 15.5. The molecule has 0 aliphatic carbocycles. The van der Waals surface area contributed by atoms with Gasteiger partial charge in [0.25, 0.3) is 11.6 Å². The number of carbonyl (C=O) groups excluding carboxylic acids is 1. The highest BCUT2D eigenvalue weighted by molar-refractivity contribution is 6.08. The maximum atomic E-state index is 12.7. The number of fused-ring (bicyclic) bond motifs is 3. The molecule has 0 saturated carbocycles. The number of nitro benzene ring substituents is 1. The summed E-state index contributed by atoms with van der Waals surface area (Å²) < 4.78 is 16.7. The molecule has 158 valence electrons. The Hall–Kier alpha value is -4.53. The molecule has 3 aromatic carbocycles. The zero-order valence-corrected chi connectivity index (χ0v) is 16.8. The molecule has 0 atom stereocenters. The third kappa shape index (κ3) is 3.35. The highest BCUT2D eigenvalue weighted by Crippen LogP contribution is 2.32. The number of esters is 1. The second-order valence-electron chi connectivity index (χ2n) is 7.10. The molecule has 0 aliphatic rings. The van der Waals surface area contributed by atoms with Crippen molar-refractivity contribution in [2.45, 2.75) is 13.5 Å². The molecule has 2 aromatic heterocycles. The van der Waals surface area contributed by atoms with Crippen molar-refractivity contribution in [1.29, 1.82) is 0 Å². The van der Waals surface area contributed by atoms with Crippen LogP contribution < -0.4 is 0 Å². The number of hydrogen-bond acceptors (Lipinski definition) is 8. The summed E-state index contributed by atoms with van der Waals surface area (Å²) in [5.74, 6) is -0.271. The summed E-state index contributed by atoms with van der Waals surface area (Å²) in [7, 11) is 0. The van der Waals surface area contributed by atoms with Crippen LogP contribution in [0.2, 0.25) is 0 Å². The Labute approximate surface area is 180 Å². The van der Waals surface area contributed by atoms with Crippen LogP contribution in [0.15, 0.2) is 69.5 Å². The lowest BCUT2D eigenvalue weighted by molar-refractivity contribution is -0.384. The maximum Gasteiger partial charge on any atom is 0.375 e. The summed E-state index contributed by atoms with van der Waals surface area (Å²) in [4.78, 5) is 22.9. The van der Waals surface area contributed by atoms with Gasteiger partial charge in [-0.05, 0) is 24.4 Å². The molecular weight excluding hydrogens is 414 g/mol. The standard InChI is InChI=1S/C23H15N3O6/c1-13-17-11-8-14-4-2-3-5-18(14)21(17)32-20(13)23(27)30-12-19-24-25-22(31-19)15-6-9-16(10-7-15)26(28)29/h2-11H,12H2,1H3. The van der Waals surface area contributed by atoms with Gasteiger partial charge in [0.1, 0.15) is 5.58 Å². The lowest BCUT2D eigenvalue weighted by Crippen LogP contribution is -2.05. The van der Waals surface area contributed by atoms with Crippen LogP contribution >= 0.6 is 0 Å². The quantitative estimate of drug-likeness (QED) is 0.212. The van der Waals surface area contributed by atoms with Crippen molar-refractivity contribution in [2.24, 2.45) is 0 Å². The smallest absolute Gasteiger partial charge is 0.375 e. The predicted molar refractivity (Wildman–Crippen MR) is 114 cm³/mol. The zero-order chi connectivity index (χ0) is 22.2. The summed E-state index contributed by atoms with van der Waals surface area (Å²) in [5.41, 5.74) is 1.79. The minimum absolute atomic E-state index is 0.0450. The molecule has 32 heavy (non-hydrogen) atoms. The number of hydrogen-bond donors (Lipinski definition) is 0. The Morgan fingerprint density at radius 2 is 1.78 bits per heavy atom. The average Bonchev–Trinajstić information content (AvgIpc) is 3.42. The Bertz CT molecular complexity index is 1480. The molecule has 0 radical (unpaired) electrons. The van der Waals surface area contributed by atoms with Gasteiger partial charge in [0.2, 0.25) is 11.7 Å². The number of nitro groups is 1. The van der Waals surface area contributed by atoms with E-state index < -0.39 is 10.9 Å². The normalized spacial score (nSPS) is 11.2. The van der Waals surface area contributed by atoms with Gasteiger partial charge in [0.15, 0.2) is 6.61 Å². The van der Waals surface area contributed by atoms with Crippen molar-refractivity contribution >= 4 is 33.4 Å². The number of nitrogens with zero attached hydrogens (tertiary/aromatic N) is 3. The number of ether oxygens (including phenoxy) is 1. The van der Waals surface area contributed by atoms with Crippen molar-refractivity contribution in [3.05, 3.63) is 88.0 Å². The number of carbonyl (C=O) groups is 1. The fourth-order valence-electron chi connectivity index (χ4n) is 3.49. The number of aryl methyl sites for hydroxylation is 1. The van der Waals surface area contributed by atoms with Crippen LogP contribution in [0.5, 0.6) is 0 Å². The summed E-state index contributed by atoms with van der Waals surface area (Å²) in [6.45, 7) is 1.56. The second-order valence-corrected chi connectivity index (χ2v) is 7.10. The molecule has 0 N–H and O–H groups in total. The third-order valence-electron chi connectivity index (χ3n) is 5.13. The summed E-state index contributed by atoms with van der Waals surface area (Å²) in [6, 6.07) is 17.4. The Kier molecular flexibility index (Phi) is 4.63. The van der Waals surface area contributed by atoms with E-state index in [0.717, 1.165) is 16.2 Å². The van der Waals surface area contributed by atoms with Crippen LogP contribution in [0.25, 0.3) is 33.2 Å². The van der Waals surface area contributed by atoms with E-state index in [9.17, 15) is 14.9 Å². The van der Waals surface area contributed by atoms with E-state index in [1.54, 1.807) is 6.92 Å². The van der Waals surface area contributed by atoms with E-state index in [4.69, 9.17) is 13.6 Å². The molecule has 5 aromatic rings. The second kappa shape index (κ2) is 7.62. The molecule has 0 spiro atoms. The van der Waals surface area contributed by atoms with Crippen molar-refractivity contribution in [1.82, 2.24) is 10.2 Å². The predicted octanol–water partition coefficient (Wildman–Crippen LogP) is 5.21. The number of benzene rings is 3. The van der Waals surface area contributed by atoms with Crippen LogP contribution in [-0.2, 0) is 11.3 Å². The highest BCUT2D eigenvalue weighted by atomic mass is 16.6. The van der Waals surface area contributed by atoms with Gasteiger partial charge in [-0.2, -0.15) is 0 Å². The first-order valence-electron chi connectivity index (χ1n) is 9.66. The van der Waals surface area contributed by atoms with E-state index in [-0.39, 0.29) is 29.8 Å². The van der Waals surface area contributed by atoms with E-state index in [1.165, 1.54) is 24.3 Å². The Morgan fingerprint density at radius 1 is 1.00 bits per heavy atom. The van der Waals surface area contributed by atoms with Gasteiger partial charge in [-0.3, -0.25) is 10.1 Å². The van der Waals surface area contributed by atoms with Crippen molar-refractivity contribution in [3.8, 4) is 11.5 Å². The molecule has 0 bridgehead atoms. The third-order valence-corrected chi connectivity index (χ3v) is 5.13. The van der Waals surface area contributed by atoms with E-state index >= 15 is 0 Å². The van der Waals surface area contributed by atoms with Crippen LogP contribution in [0.3, 0.4) is 0 Å².